The van der Waals surface area contributed by atoms with Crippen LogP contribution in [0.3, 0.4) is 0 Å². The van der Waals surface area contributed by atoms with E-state index in [0.717, 1.165) is 27.1 Å². The SMILES string of the molecule is COCCN1C(=O)CSc2c(c3ccccc3n2C)C1C(=O)NCc1ccccc1. The minimum Gasteiger partial charge on any atom is -0.383 e. The number of benzene rings is 2. The van der Waals surface area contributed by atoms with Gasteiger partial charge in [0.15, 0.2) is 0 Å². The largest absolute Gasteiger partial charge is 0.383 e. The molecule has 30 heavy (non-hydrogen) atoms. The van der Waals surface area contributed by atoms with E-state index in [1.54, 1.807) is 12.0 Å². The van der Waals surface area contributed by atoms with Crippen LogP contribution in [0.1, 0.15) is 17.2 Å². The van der Waals surface area contributed by atoms with Crippen molar-refractivity contribution in [3.8, 4) is 0 Å². The summed E-state index contributed by atoms with van der Waals surface area (Å²) in [5.74, 6) is 0.0594. The van der Waals surface area contributed by atoms with E-state index < -0.39 is 6.04 Å². The van der Waals surface area contributed by atoms with E-state index in [0.29, 0.717) is 25.4 Å². The Labute approximate surface area is 180 Å². The predicted octanol–water partition coefficient (Wildman–Crippen LogP) is 3.12. The van der Waals surface area contributed by atoms with E-state index >= 15 is 0 Å². The zero-order valence-corrected chi connectivity index (χ0v) is 17.9. The quantitative estimate of drug-likeness (QED) is 0.662. The summed E-state index contributed by atoms with van der Waals surface area (Å²) in [6.45, 7) is 1.15. The topological polar surface area (TPSA) is 63.6 Å². The lowest BCUT2D eigenvalue weighted by Crippen LogP contribution is -2.45. The molecule has 156 valence electrons. The number of para-hydroxylation sites is 1. The number of nitrogens with zero attached hydrogens (tertiary/aromatic N) is 2. The molecule has 0 bridgehead atoms. The van der Waals surface area contributed by atoms with Crippen molar-refractivity contribution < 1.29 is 14.3 Å². The maximum Gasteiger partial charge on any atom is 0.247 e. The Morgan fingerprint density at radius 1 is 1.17 bits per heavy atom. The number of nitrogens with one attached hydrogen (secondary N) is 1. The molecule has 1 N–H and O–H groups in total. The number of hydrogen-bond donors (Lipinski definition) is 1. The first-order valence-corrected chi connectivity index (χ1v) is 10.9. The summed E-state index contributed by atoms with van der Waals surface area (Å²) in [7, 11) is 3.59. The molecular formula is C23H25N3O3S. The third-order valence-corrected chi connectivity index (χ3v) is 6.58. The van der Waals surface area contributed by atoms with Crippen molar-refractivity contribution in [2.24, 2.45) is 7.05 Å². The molecule has 4 rings (SSSR count). The van der Waals surface area contributed by atoms with Gasteiger partial charge in [-0.25, -0.2) is 0 Å². The molecule has 1 aliphatic rings. The van der Waals surface area contributed by atoms with Crippen LogP contribution in [0.2, 0.25) is 0 Å². The molecule has 7 heteroatoms. The number of thioether (sulfide) groups is 1. The molecule has 0 radical (unpaired) electrons. The third kappa shape index (κ3) is 3.82. The van der Waals surface area contributed by atoms with E-state index in [-0.39, 0.29) is 11.8 Å². The van der Waals surface area contributed by atoms with Gasteiger partial charge in [-0.1, -0.05) is 60.3 Å². The maximum atomic E-state index is 13.5. The molecule has 0 spiro atoms. The Morgan fingerprint density at radius 3 is 2.67 bits per heavy atom. The maximum absolute atomic E-state index is 13.5. The number of amides is 2. The Hall–Kier alpha value is -2.77. The Balaban J connectivity index is 1.77. The highest BCUT2D eigenvalue weighted by Crippen LogP contribution is 2.41. The Bertz CT molecular complexity index is 1060. The molecule has 2 aromatic carbocycles. The Morgan fingerprint density at radius 2 is 1.90 bits per heavy atom. The molecule has 2 heterocycles. The van der Waals surface area contributed by atoms with Gasteiger partial charge in [0.1, 0.15) is 6.04 Å². The van der Waals surface area contributed by atoms with Crippen LogP contribution in [-0.4, -0.2) is 47.3 Å². The van der Waals surface area contributed by atoms with Crippen molar-refractivity contribution in [3.05, 3.63) is 65.7 Å². The first-order chi connectivity index (χ1) is 14.6. The van der Waals surface area contributed by atoms with E-state index in [2.05, 4.69) is 9.88 Å². The fraction of sp³-hybridized carbons (Fsp3) is 0.304. The summed E-state index contributed by atoms with van der Waals surface area (Å²) in [5, 5.41) is 5.01. The number of carbonyl (C=O) groups excluding carboxylic acids is 2. The number of fused-ring (bicyclic) bond motifs is 3. The normalized spacial score (nSPS) is 16.4. The number of aromatic nitrogens is 1. The van der Waals surface area contributed by atoms with Crippen LogP contribution in [0.5, 0.6) is 0 Å². The van der Waals surface area contributed by atoms with Gasteiger partial charge in [-0.3, -0.25) is 9.59 Å². The molecule has 6 nitrogen and oxygen atoms in total. The van der Waals surface area contributed by atoms with Crippen LogP contribution in [0.4, 0.5) is 0 Å². The van der Waals surface area contributed by atoms with Crippen molar-refractivity contribution in [3.63, 3.8) is 0 Å². The summed E-state index contributed by atoms with van der Waals surface area (Å²) in [6.07, 6.45) is 0. The number of carbonyl (C=O) groups is 2. The van der Waals surface area contributed by atoms with E-state index in [1.807, 2.05) is 61.6 Å². The van der Waals surface area contributed by atoms with Crippen LogP contribution < -0.4 is 5.32 Å². The van der Waals surface area contributed by atoms with Crippen molar-refractivity contribution in [2.45, 2.75) is 17.6 Å². The highest BCUT2D eigenvalue weighted by atomic mass is 32.2. The van der Waals surface area contributed by atoms with Gasteiger partial charge in [0.25, 0.3) is 0 Å². The van der Waals surface area contributed by atoms with E-state index in [1.165, 1.54) is 11.8 Å². The lowest BCUT2D eigenvalue weighted by atomic mass is 10.0. The van der Waals surface area contributed by atoms with Gasteiger partial charge in [0.05, 0.1) is 17.4 Å². The fourth-order valence-corrected chi connectivity index (χ4v) is 5.04. The highest BCUT2D eigenvalue weighted by molar-refractivity contribution is 8.00. The molecule has 2 amide bonds. The van der Waals surface area contributed by atoms with E-state index in [4.69, 9.17) is 4.74 Å². The lowest BCUT2D eigenvalue weighted by molar-refractivity contribution is -0.139. The molecular weight excluding hydrogens is 398 g/mol. The molecule has 0 saturated heterocycles. The standard InChI is InChI=1S/C23H25N3O3S/c1-25-18-11-7-6-10-17(18)20-21(22(28)24-14-16-8-4-3-5-9-16)26(12-13-29-2)19(27)15-30-23(20)25/h3-11,21H,12-15H2,1-2H3,(H,24,28). The fourth-order valence-electron chi connectivity index (χ4n) is 3.95. The van der Waals surface area contributed by atoms with E-state index in [9.17, 15) is 9.59 Å². The summed E-state index contributed by atoms with van der Waals surface area (Å²) in [6, 6.07) is 17.1. The van der Waals surface area contributed by atoms with Crippen molar-refractivity contribution in [1.82, 2.24) is 14.8 Å². The van der Waals surface area contributed by atoms with Crippen LogP contribution in [0.15, 0.2) is 59.6 Å². The second kappa shape index (κ2) is 8.93. The second-order valence-electron chi connectivity index (χ2n) is 7.27. The van der Waals surface area contributed by atoms with Gasteiger partial charge in [0.2, 0.25) is 11.8 Å². The highest BCUT2D eigenvalue weighted by Gasteiger charge is 2.38. The summed E-state index contributed by atoms with van der Waals surface area (Å²) in [5.41, 5.74) is 2.96. The average molecular weight is 424 g/mol. The molecule has 1 unspecified atom stereocenters. The predicted molar refractivity (Wildman–Crippen MR) is 118 cm³/mol. The van der Waals surface area contributed by atoms with Gasteiger partial charge >= 0.3 is 0 Å². The molecule has 0 aliphatic carbocycles. The van der Waals surface area contributed by atoms with Gasteiger partial charge in [0, 0.05) is 43.7 Å². The average Bonchev–Trinajstić information content (AvgIpc) is 2.96. The zero-order chi connectivity index (χ0) is 21.1. The smallest absolute Gasteiger partial charge is 0.247 e. The number of rotatable bonds is 6. The first kappa shape index (κ1) is 20.5. The van der Waals surface area contributed by atoms with Crippen LogP contribution in [0, 0.1) is 0 Å². The molecule has 1 atom stereocenters. The Kier molecular flexibility index (Phi) is 6.11. The zero-order valence-electron chi connectivity index (χ0n) is 17.1. The number of methoxy groups -OCH3 is 1. The van der Waals surface area contributed by atoms with Crippen molar-refractivity contribution in [2.75, 3.05) is 26.0 Å². The number of hydrogen-bond acceptors (Lipinski definition) is 4. The van der Waals surface area contributed by atoms with Crippen LogP contribution in [-0.2, 0) is 27.9 Å². The third-order valence-electron chi connectivity index (χ3n) is 5.42. The molecule has 1 aromatic heterocycles. The minimum absolute atomic E-state index is 0.0582. The summed E-state index contributed by atoms with van der Waals surface area (Å²) in [4.78, 5) is 28.1. The first-order valence-electron chi connectivity index (χ1n) is 9.92. The second-order valence-corrected chi connectivity index (χ2v) is 8.23. The summed E-state index contributed by atoms with van der Waals surface area (Å²) < 4.78 is 7.32. The monoisotopic (exact) mass is 423 g/mol. The lowest BCUT2D eigenvalue weighted by Gasteiger charge is -2.29. The van der Waals surface area contributed by atoms with Crippen LogP contribution >= 0.6 is 11.8 Å². The molecule has 1 aliphatic heterocycles. The molecule has 3 aromatic rings. The molecule has 0 fully saturated rings. The summed E-state index contributed by atoms with van der Waals surface area (Å²) >= 11 is 1.49. The van der Waals surface area contributed by atoms with Crippen molar-refractivity contribution >= 4 is 34.5 Å². The van der Waals surface area contributed by atoms with Gasteiger partial charge in [-0.15, -0.1) is 0 Å². The number of aryl methyl sites for hydroxylation is 1. The van der Waals surface area contributed by atoms with Gasteiger partial charge in [-0.05, 0) is 11.6 Å². The minimum atomic E-state index is -0.701. The number of ether oxygens (including phenoxy) is 1. The van der Waals surface area contributed by atoms with Crippen LogP contribution in [0.25, 0.3) is 10.9 Å². The van der Waals surface area contributed by atoms with Gasteiger partial charge < -0.3 is 19.5 Å². The van der Waals surface area contributed by atoms with Gasteiger partial charge in [-0.2, -0.15) is 0 Å². The molecule has 0 saturated carbocycles. The van der Waals surface area contributed by atoms with Crippen molar-refractivity contribution in [1.29, 1.82) is 0 Å².